The second-order valence-electron chi connectivity index (χ2n) is 9.26. The molecule has 0 saturated carbocycles. The van der Waals surface area contributed by atoms with Crippen molar-refractivity contribution >= 4 is 27.9 Å². The normalized spacial score (nSPS) is 16.2. The number of anilines is 1. The summed E-state index contributed by atoms with van der Waals surface area (Å²) in [5, 5.41) is 10.4. The molecule has 0 aliphatic carbocycles. The molecular weight excluding hydrogens is 470 g/mol. The number of nitriles is 1. The maximum atomic E-state index is 14.0. The van der Waals surface area contributed by atoms with Crippen LogP contribution in [0.15, 0.2) is 46.0 Å². The fraction of sp³-hybridized carbons (Fsp3) is 0.385. The third kappa shape index (κ3) is 4.40. The summed E-state index contributed by atoms with van der Waals surface area (Å²) in [4.78, 5) is 43.5. The summed E-state index contributed by atoms with van der Waals surface area (Å²) >= 11 is 0. The average molecular weight is 500 g/mol. The number of hydrogen-bond acceptors (Lipinski definition) is 8. The van der Waals surface area contributed by atoms with Crippen LogP contribution in [-0.2, 0) is 19.6 Å². The SMILES string of the molecule is CC=CCn1c(N2CCCC(N)C2)nc2c(=O)n(CC#N)n(Cc3nc(C)c4ccccc4n3)c(=O)c21. The van der Waals surface area contributed by atoms with E-state index in [1.165, 1.54) is 4.68 Å². The van der Waals surface area contributed by atoms with Crippen molar-refractivity contribution in [3.05, 3.63) is 68.6 Å². The van der Waals surface area contributed by atoms with Gasteiger partial charge < -0.3 is 15.2 Å². The Morgan fingerprint density at radius 1 is 1.16 bits per heavy atom. The van der Waals surface area contributed by atoms with Crippen LogP contribution in [0.25, 0.3) is 21.9 Å². The number of aromatic nitrogens is 6. The van der Waals surface area contributed by atoms with Gasteiger partial charge in [-0.3, -0.25) is 9.59 Å². The lowest BCUT2D eigenvalue weighted by molar-refractivity contribution is 0.470. The number of imidazole rings is 1. The summed E-state index contributed by atoms with van der Waals surface area (Å²) in [6.07, 6.45) is 5.61. The van der Waals surface area contributed by atoms with Crippen LogP contribution in [0.4, 0.5) is 5.95 Å². The molecule has 4 heterocycles. The quantitative estimate of drug-likeness (QED) is 0.395. The van der Waals surface area contributed by atoms with Crippen molar-refractivity contribution in [2.75, 3.05) is 18.0 Å². The van der Waals surface area contributed by atoms with Crippen LogP contribution < -0.4 is 21.8 Å². The number of nitrogens with two attached hydrogens (primary N) is 1. The van der Waals surface area contributed by atoms with E-state index in [4.69, 9.17) is 5.73 Å². The predicted octanol–water partition coefficient (Wildman–Crippen LogP) is 1.69. The lowest BCUT2D eigenvalue weighted by Gasteiger charge is -2.31. The summed E-state index contributed by atoms with van der Waals surface area (Å²) in [6.45, 7) is 5.10. The minimum Gasteiger partial charge on any atom is -0.341 e. The Hall–Kier alpha value is -4.30. The van der Waals surface area contributed by atoms with E-state index in [1.807, 2.05) is 61.2 Å². The van der Waals surface area contributed by atoms with Gasteiger partial charge in [0, 0.05) is 36.8 Å². The topological polar surface area (TPSA) is 141 Å². The summed E-state index contributed by atoms with van der Waals surface area (Å²) in [7, 11) is 0. The molecule has 1 unspecified atom stereocenters. The van der Waals surface area contributed by atoms with E-state index in [0.717, 1.165) is 40.7 Å². The molecule has 0 amide bonds. The zero-order chi connectivity index (χ0) is 26.1. The van der Waals surface area contributed by atoms with E-state index in [-0.39, 0.29) is 30.2 Å². The average Bonchev–Trinajstić information content (AvgIpc) is 3.28. The fourth-order valence-electron chi connectivity index (χ4n) is 4.97. The van der Waals surface area contributed by atoms with Gasteiger partial charge >= 0.3 is 0 Å². The Kier molecular flexibility index (Phi) is 6.58. The second kappa shape index (κ2) is 9.99. The first-order valence-electron chi connectivity index (χ1n) is 12.4. The Bertz CT molecular complexity index is 1670. The van der Waals surface area contributed by atoms with E-state index < -0.39 is 11.1 Å². The van der Waals surface area contributed by atoms with E-state index in [1.54, 1.807) is 4.57 Å². The van der Waals surface area contributed by atoms with Gasteiger partial charge in [-0.25, -0.2) is 24.3 Å². The predicted molar refractivity (Wildman–Crippen MR) is 141 cm³/mol. The molecule has 4 aromatic rings. The molecule has 11 nitrogen and oxygen atoms in total. The molecule has 1 atom stereocenters. The van der Waals surface area contributed by atoms with E-state index in [9.17, 15) is 14.9 Å². The molecular formula is C26H29N9O2. The zero-order valence-corrected chi connectivity index (χ0v) is 21.0. The van der Waals surface area contributed by atoms with E-state index in [0.29, 0.717) is 24.9 Å². The first kappa shape index (κ1) is 24.4. The zero-order valence-electron chi connectivity index (χ0n) is 21.0. The Labute approximate surface area is 213 Å². The van der Waals surface area contributed by atoms with Gasteiger partial charge in [-0.05, 0) is 32.8 Å². The standard InChI is InChI=1S/C26H29N9O2/c1-3-4-13-33-23-22(31-26(33)32-12-7-8-18(28)15-32)24(36)34(14-11-27)35(25(23)37)16-21-29-17(2)19-9-5-6-10-20(19)30-21/h3-6,9-10,18H,7-8,12-16,28H2,1-2H3. The molecule has 37 heavy (non-hydrogen) atoms. The van der Waals surface area contributed by atoms with Crippen molar-refractivity contribution in [3.63, 3.8) is 0 Å². The number of aryl methyl sites for hydroxylation is 1. The first-order chi connectivity index (χ1) is 17.9. The van der Waals surface area contributed by atoms with Crippen molar-refractivity contribution in [1.82, 2.24) is 28.9 Å². The van der Waals surface area contributed by atoms with Crippen LogP contribution in [-0.4, -0.2) is 48.0 Å². The molecule has 5 rings (SSSR count). The number of rotatable bonds is 6. The number of benzene rings is 1. The lowest BCUT2D eigenvalue weighted by Crippen LogP contribution is -2.44. The van der Waals surface area contributed by atoms with Gasteiger partial charge in [-0.15, -0.1) is 0 Å². The molecule has 1 aliphatic heterocycles. The molecule has 0 bridgehead atoms. The summed E-state index contributed by atoms with van der Waals surface area (Å²) in [5.74, 6) is 0.919. The summed E-state index contributed by atoms with van der Waals surface area (Å²) in [6, 6.07) is 9.61. The minimum atomic E-state index is -0.504. The first-order valence-corrected chi connectivity index (χ1v) is 12.4. The van der Waals surface area contributed by atoms with Gasteiger partial charge in [0.2, 0.25) is 5.95 Å². The summed E-state index contributed by atoms with van der Waals surface area (Å²) < 4.78 is 4.17. The number of piperidine rings is 1. The minimum absolute atomic E-state index is 0.0103. The smallest absolute Gasteiger partial charge is 0.294 e. The van der Waals surface area contributed by atoms with Crippen LogP contribution in [0.3, 0.4) is 0 Å². The maximum Gasteiger partial charge on any atom is 0.294 e. The van der Waals surface area contributed by atoms with Crippen LogP contribution in [0.5, 0.6) is 0 Å². The van der Waals surface area contributed by atoms with Crippen molar-refractivity contribution < 1.29 is 0 Å². The number of para-hydroxylation sites is 1. The van der Waals surface area contributed by atoms with E-state index >= 15 is 0 Å². The van der Waals surface area contributed by atoms with E-state index in [2.05, 4.69) is 15.0 Å². The van der Waals surface area contributed by atoms with Gasteiger partial charge in [0.15, 0.2) is 11.3 Å². The molecule has 190 valence electrons. The third-order valence-electron chi connectivity index (χ3n) is 6.73. The van der Waals surface area contributed by atoms with Crippen molar-refractivity contribution in [1.29, 1.82) is 5.26 Å². The highest BCUT2D eigenvalue weighted by Crippen LogP contribution is 2.23. The highest BCUT2D eigenvalue weighted by molar-refractivity contribution is 5.80. The molecule has 3 aromatic heterocycles. The molecule has 11 heteroatoms. The number of nitrogens with zero attached hydrogens (tertiary/aromatic N) is 8. The van der Waals surface area contributed by atoms with Crippen LogP contribution in [0.2, 0.25) is 0 Å². The third-order valence-corrected chi connectivity index (χ3v) is 6.73. The highest BCUT2D eigenvalue weighted by Gasteiger charge is 2.27. The van der Waals surface area contributed by atoms with Crippen LogP contribution in [0.1, 0.15) is 31.3 Å². The molecule has 1 aliphatic rings. The number of allylic oxidation sites excluding steroid dienone is 2. The van der Waals surface area contributed by atoms with Crippen molar-refractivity contribution in [2.45, 2.75) is 52.4 Å². The van der Waals surface area contributed by atoms with Crippen molar-refractivity contribution in [3.8, 4) is 6.07 Å². The molecule has 0 spiro atoms. The monoisotopic (exact) mass is 499 g/mol. The summed E-state index contributed by atoms with van der Waals surface area (Å²) in [5.41, 5.74) is 7.05. The Morgan fingerprint density at radius 2 is 1.97 bits per heavy atom. The van der Waals surface area contributed by atoms with Gasteiger partial charge in [0.1, 0.15) is 18.6 Å². The van der Waals surface area contributed by atoms with Crippen molar-refractivity contribution in [2.24, 2.45) is 5.73 Å². The molecule has 1 fully saturated rings. The molecule has 1 saturated heterocycles. The molecule has 2 N–H and O–H groups in total. The van der Waals surface area contributed by atoms with Gasteiger partial charge in [-0.1, -0.05) is 30.4 Å². The van der Waals surface area contributed by atoms with Crippen LogP contribution in [0, 0.1) is 18.3 Å². The highest BCUT2D eigenvalue weighted by atomic mass is 16.2. The maximum absolute atomic E-state index is 14.0. The Balaban J connectivity index is 1.73. The van der Waals surface area contributed by atoms with Gasteiger partial charge in [-0.2, -0.15) is 5.26 Å². The molecule has 1 aromatic carbocycles. The lowest BCUT2D eigenvalue weighted by atomic mass is 10.1. The largest absolute Gasteiger partial charge is 0.341 e. The fourth-order valence-corrected chi connectivity index (χ4v) is 4.97. The molecule has 0 radical (unpaired) electrons. The van der Waals surface area contributed by atoms with Gasteiger partial charge in [0.25, 0.3) is 11.1 Å². The number of hydrogen-bond donors (Lipinski definition) is 1. The van der Waals surface area contributed by atoms with Crippen LogP contribution >= 0.6 is 0 Å². The number of fused-ring (bicyclic) bond motifs is 2. The van der Waals surface area contributed by atoms with Gasteiger partial charge in [0.05, 0.1) is 11.6 Å². The Morgan fingerprint density at radius 3 is 2.73 bits per heavy atom. The second-order valence-corrected chi connectivity index (χ2v) is 9.26.